The van der Waals surface area contributed by atoms with Crippen molar-refractivity contribution in [1.29, 1.82) is 0 Å². The number of hydrogen-bond donors (Lipinski definition) is 0. The van der Waals surface area contributed by atoms with E-state index in [1.807, 2.05) is 18.2 Å². The molecule has 0 spiro atoms. The molecule has 0 fully saturated rings. The third kappa shape index (κ3) is 3.76. The van der Waals surface area contributed by atoms with E-state index in [9.17, 15) is 4.79 Å². The maximum atomic E-state index is 11.1. The van der Waals surface area contributed by atoms with Gasteiger partial charge >= 0.3 is 0 Å². The monoisotopic (exact) mass is 350 g/mol. The Kier molecular flexibility index (Phi) is 5.22. The lowest BCUT2D eigenvalue weighted by atomic mass is 10.2. The first kappa shape index (κ1) is 15.4. The highest BCUT2D eigenvalue weighted by molar-refractivity contribution is 9.10. The maximum Gasteiger partial charge on any atom is 0.153 e. The molecule has 2 rings (SSSR count). The lowest BCUT2D eigenvalue weighted by Gasteiger charge is -2.12. The van der Waals surface area contributed by atoms with Gasteiger partial charge in [-0.2, -0.15) is 0 Å². The highest BCUT2D eigenvalue weighted by Gasteiger charge is 2.08. The van der Waals surface area contributed by atoms with Crippen LogP contribution in [0.15, 0.2) is 40.9 Å². The lowest BCUT2D eigenvalue weighted by Crippen LogP contribution is -2.00. The largest absolute Gasteiger partial charge is 0.497 e. The van der Waals surface area contributed by atoms with Crippen molar-refractivity contribution in [2.24, 2.45) is 0 Å². The van der Waals surface area contributed by atoms with Gasteiger partial charge in [0.05, 0.1) is 19.8 Å². The average molecular weight is 351 g/mol. The van der Waals surface area contributed by atoms with E-state index in [4.69, 9.17) is 14.2 Å². The highest BCUT2D eigenvalue weighted by Crippen LogP contribution is 2.27. The summed E-state index contributed by atoms with van der Waals surface area (Å²) in [5.74, 6) is 1.87. The normalized spacial score (nSPS) is 10.0. The van der Waals surface area contributed by atoms with Crippen molar-refractivity contribution in [1.82, 2.24) is 0 Å². The van der Waals surface area contributed by atoms with Gasteiger partial charge in [0.15, 0.2) is 6.29 Å². The Morgan fingerprint density at radius 2 is 1.71 bits per heavy atom. The fraction of sp³-hybridized carbons (Fsp3) is 0.188. The maximum absolute atomic E-state index is 11.1. The molecule has 0 bridgehead atoms. The summed E-state index contributed by atoms with van der Waals surface area (Å²) in [6, 6.07) is 10.7. The van der Waals surface area contributed by atoms with Crippen LogP contribution in [0.4, 0.5) is 0 Å². The summed E-state index contributed by atoms with van der Waals surface area (Å²) in [6.45, 7) is 0.311. The Hall–Kier alpha value is -2.01. The van der Waals surface area contributed by atoms with Gasteiger partial charge in [0.1, 0.15) is 23.9 Å². The van der Waals surface area contributed by atoms with Crippen LogP contribution in [0.2, 0.25) is 0 Å². The Bertz CT molecular complexity index is 640. The van der Waals surface area contributed by atoms with Crippen LogP contribution in [0.25, 0.3) is 0 Å². The van der Waals surface area contributed by atoms with E-state index < -0.39 is 0 Å². The van der Waals surface area contributed by atoms with Crippen LogP contribution in [0.5, 0.6) is 17.2 Å². The molecule has 0 aromatic heterocycles. The predicted octanol–water partition coefficient (Wildman–Crippen LogP) is 3.86. The van der Waals surface area contributed by atoms with Crippen LogP contribution in [-0.2, 0) is 6.61 Å². The molecule has 5 heteroatoms. The van der Waals surface area contributed by atoms with Gasteiger partial charge in [-0.1, -0.05) is 15.9 Å². The van der Waals surface area contributed by atoms with Crippen LogP contribution >= 0.6 is 15.9 Å². The molecule has 0 radical (unpaired) electrons. The molecule has 2 aromatic carbocycles. The number of hydrogen-bond acceptors (Lipinski definition) is 4. The minimum atomic E-state index is 0.311. The van der Waals surface area contributed by atoms with Gasteiger partial charge in [0.25, 0.3) is 0 Å². The zero-order valence-corrected chi connectivity index (χ0v) is 13.3. The third-order valence-electron chi connectivity index (χ3n) is 2.98. The van der Waals surface area contributed by atoms with E-state index >= 15 is 0 Å². The molecule has 0 saturated heterocycles. The molecule has 0 N–H and O–H groups in total. The standard InChI is InChI=1S/C16H15BrO4/c1-19-13-5-6-15(17)12(7-13)10-21-16-8-14(20-2)4-3-11(16)9-18/h3-9H,10H2,1-2H3. The summed E-state index contributed by atoms with van der Waals surface area (Å²) in [5, 5.41) is 0. The Balaban J connectivity index is 2.21. The molecule has 110 valence electrons. The van der Waals surface area contributed by atoms with E-state index in [1.54, 1.807) is 32.4 Å². The first-order valence-corrected chi connectivity index (χ1v) is 7.05. The summed E-state index contributed by atoms with van der Waals surface area (Å²) >= 11 is 3.47. The number of carbonyl (C=O) groups is 1. The van der Waals surface area contributed by atoms with E-state index in [-0.39, 0.29) is 0 Å². The van der Waals surface area contributed by atoms with Gasteiger partial charge in [0, 0.05) is 16.1 Å². The van der Waals surface area contributed by atoms with Crippen molar-refractivity contribution < 1.29 is 19.0 Å². The summed E-state index contributed by atoms with van der Waals surface area (Å²) < 4.78 is 17.0. The summed E-state index contributed by atoms with van der Waals surface area (Å²) in [4.78, 5) is 11.1. The molecule has 0 heterocycles. The highest BCUT2D eigenvalue weighted by atomic mass is 79.9. The molecular weight excluding hydrogens is 336 g/mol. The number of rotatable bonds is 6. The first-order valence-electron chi connectivity index (χ1n) is 6.26. The zero-order valence-electron chi connectivity index (χ0n) is 11.8. The second-order valence-electron chi connectivity index (χ2n) is 4.27. The fourth-order valence-corrected chi connectivity index (χ4v) is 2.17. The average Bonchev–Trinajstić information content (AvgIpc) is 2.53. The summed E-state index contributed by atoms with van der Waals surface area (Å²) in [6.07, 6.45) is 0.759. The van der Waals surface area contributed by atoms with Gasteiger partial charge in [-0.05, 0) is 30.3 Å². The van der Waals surface area contributed by atoms with Crippen molar-refractivity contribution in [2.45, 2.75) is 6.61 Å². The molecule has 21 heavy (non-hydrogen) atoms. The minimum absolute atomic E-state index is 0.311. The number of ether oxygens (including phenoxy) is 3. The molecule has 0 unspecified atom stereocenters. The summed E-state index contributed by atoms with van der Waals surface area (Å²) in [7, 11) is 3.18. The molecular formula is C16H15BrO4. The molecule has 4 nitrogen and oxygen atoms in total. The Morgan fingerprint density at radius 3 is 2.38 bits per heavy atom. The molecule has 0 amide bonds. The van der Waals surface area contributed by atoms with Gasteiger partial charge in [-0.15, -0.1) is 0 Å². The number of benzene rings is 2. The van der Waals surface area contributed by atoms with Gasteiger partial charge < -0.3 is 14.2 Å². The third-order valence-corrected chi connectivity index (χ3v) is 3.76. The topological polar surface area (TPSA) is 44.8 Å². The van der Waals surface area contributed by atoms with Crippen LogP contribution in [0, 0.1) is 0 Å². The van der Waals surface area contributed by atoms with Gasteiger partial charge in [-0.25, -0.2) is 0 Å². The molecule has 0 atom stereocenters. The van der Waals surface area contributed by atoms with E-state index in [2.05, 4.69) is 15.9 Å². The number of carbonyl (C=O) groups excluding carboxylic acids is 1. The van der Waals surface area contributed by atoms with Crippen molar-refractivity contribution >= 4 is 22.2 Å². The van der Waals surface area contributed by atoms with Crippen LogP contribution in [0.1, 0.15) is 15.9 Å². The SMILES string of the molecule is COc1ccc(Br)c(COc2cc(OC)ccc2C=O)c1. The van der Waals surface area contributed by atoms with Gasteiger partial charge in [-0.3, -0.25) is 4.79 Å². The Morgan fingerprint density at radius 1 is 1.05 bits per heavy atom. The summed E-state index contributed by atoms with van der Waals surface area (Å²) in [5.41, 5.74) is 1.41. The Labute approximate surface area is 131 Å². The van der Waals surface area contributed by atoms with Crippen molar-refractivity contribution in [2.75, 3.05) is 14.2 Å². The van der Waals surface area contributed by atoms with Crippen LogP contribution in [0.3, 0.4) is 0 Å². The minimum Gasteiger partial charge on any atom is -0.497 e. The van der Waals surface area contributed by atoms with Crippen molar-refractivity contribution in [3.05, 3.63) is 52.0 Å². The molecule has 0 aliphatic carbocycles. The van der Waals surface area contributed by atoms with E-state index in [0.717, 1.165) is 22.1 Å². The van der Waals surface area contributed by atoms with Crippen molar-refractivity contribution in [3.63, 3.8) is 0 Å². The number of aldehydes is 1. The van der Waals surface area contributed by atoms with Crippen LogP contribution in [-0.4, -0.2) is 20.5 Å². The second-order valence-corrected chi connectivity index (χ2v) is 5.12. The molecule has 2 aromatic rings. The zero-order chi connectivity index (χ0) is 15.2. The first-order chi connectivity index (χ1) is 10.2. The number of methoxy groups -OCH3 is 2. The fourth-order valence-electron chi connectivity index (χ4n) is 1.81. The second kappa shape index (κ2) is 7.13. The molecule has 0 saturated carbocycles. The number of halogens is 1. The molecule has 0 aliphatic heterocycles. The predicted molar refractivity (Wildman–Crippen MR) is 83.4 cm³/mol. The van der Waals surface area contributed by atoms with E-state index in [1.165, 1.54) is 0 Å². The van der Waals surface area contributed by atoms with Crippen LogP contribution < -0.4 is 14.2 Å². The van der Waals surface area contributed by atoms with Gasteiger partial charge in [0.2, 0.25) is 0 Å². The van der Waals surface area contributed by atoms with Crippen molar-refractivity contribution in [3.8, 4) is 17.2 Å². The smallest absolute Gasteiger partial charge is 0.153 e. The molecule has 0 aliphatic rings. The van der Waals surface area contributed by atoms with E-state index in [0.29, 0.717) is 23.7 Å². The lowest BCUT2D eigenvalue weighted by molar-refractivity contribution is 0.111. The quantitative estimate of drug-likeness (QED) is 0.742.